The van der Waals surface area contributed by atoms with E-state index in [4.69, 9.17) is 9.47 Å². The van der Waals surface area contributed by atoms with Crippen molar-refractivity contribution in [1.29, 1.82) is 0 Å². The van der Waals surface area contributed by atoms with Gasteiger partial charge in [0.25, 0.3) is 0 Å². The summed E-state index contributed by atoms with van der Waals surface area (Å²) in [7, 11) is 2.84. The summed E-state index contributed by atoms with van der Waals surface area (Å²) in [6.07, 6.45) is 0. The van der Waals surface area contributed by atoms with Gasteiger partial charge in [-0.15, -0.1) is 0 Å². The number of thiophene rings is 1. The van der Waals surface area contributed by atoms with E-state index in [0.29, 0.717) is 22.3 Å². The smallest absolute Gasteiger partial charge is 0.352 e. The van der Waals surface area contributed by atoms with Crippen molar-refractivity contribution in [2.45, 2.75) is 6.92 Å². The maximum absolute atomic E-state index is 11.3. The summed E-state index contributed by atoms with van der Waals surface area (Å²) >= 11 is 1.22. The van der Waals surface area contributed by atoms with E-state index in [1.54, 1.807) is 6.07 Å². The maximum atomic E-state index is 11.3. The second-order valence-electron chi connectivity index (χ2n) is 2.39. The Balaban J connectivity index is 2.96. The molecular weight excluding hydrogens is 204 g/mol. The quantitative estimate of drug-likeness (QED) is 0.721. The molecule has 1 heterocycles. The molecule has 0 fully saturated rings. The van der Waals surface area contributed by atoms with Crippen molar-refractivity contribution in [3.8, 4) is 10.8 Å². The highest BCUT2D eigenvalue weighted by Gasteiger charge is 2.17. The first-order chi connectivity index (χ1) is 6.72. The standard InChI is InChI=1S/C9H12O4S/c1-4-13-7-5-6(11-2)8(14-7)9(10)12-3/h5H,4H2,1-3H3. The van der Waals surface area contributed by atoms with Crippen LogP contribution < -0.4 is 9.47 Å². The molecule has 0 aliphatic rings. The van der Waals surface area contributed by atoms with E-state index >= 15 is 0 Å². The van der Waals surface area contributed by atoms with Crippen molar-refractivity contribution in [1.82, 2.24) is 0 Å². The molecule has 4 nitrogen and oxygen atoms in total. The minimum Gasteiger partial charge on any atom is -0.495 e. The Morgan fingerprint density at radius 1 is 1.50 bits per heavy atom. The molecule has 0 N–H and O–H groups in total. The number of ether oxygens (including phenoxy) is 3. The number of hydrogen-bond donors (Lipinski definition) is 0. The van der Waals surface area contributed by atoms with Gasteiger partial charge in [0.2, 0.25) is 0 Å². The summed E-state index contributed by atoms with van der Waals surface area (Å²) in [6.45, 7) is 2.44. The van der Waals surface area contributed by atoms with Crippen molar-refractivity contribution >= 4 is 17.3 Å². The SMILES string of the molecule is CCOc1cc(OC)c(C(=O)OC)s1. The fourth-order valence-corrected chi connectivity index (χ4v) is 1.91. The van der Waals surface area contributed by atoms with Gasteiger partial charge in [-0.3, -0.25) is 0 Å². The minimum absolute atomic E-state index is 0.405. The van der Waals surface area contributed by atoms with Gasteiger partial charge in [-0.1, -0.05) is 11.3 Å². The second-order valence-corrected chi connectivity index (χ2v) is 3.40. The van der Waals surface area contributed by atoms with Gasteiger partial charge < -0.3 is 14.2 Å². The van der Waals surface area contributed by atoms with Gasteiger partial charge in [0.1, 0.15) is 5.75 Å². The first-order valence-electron chi connectivity index (χ1n) is 4.11. The highest BCUT2D eigenvalue weighted by Crippen LogP contribution is 2.35. The summed E-state index contributed by atoms with van der Waals surface area (Å²) in [5, 5.41) is 0.657. The Kier molecular flexibility index (Phi) is 3.76. The number of esters is 1. The van der Waals surface area contributed by atoms with Crippen LogP contribution in [0.15, 0.2) is 6.07 Å². The van der Waals surface area contributed by atoms with E-state index in [0.717, 1.165) is 0 Å². The number of hydrogen-bond acceptors (Lipinski definition) is 5. The van der Waals surface area contributed by atoms with Gasteiger partial charge in [0.05, 0.1) is 20.8 Å². The van der Waals surface area contributed by atoms with E-state index in [2.05, 4.69) is 4.74 Å². The van der Waals surface area contributed by atoms with Crippen molar-refractivity contribution in [3.63, 3.8) is 0 Å². The van der Waals surface area contributed by atoms with Crippen molar-refractivity contribution < 1.29 is 19.0 Å². The lowest BCUT2D eigenvalue weighted by Crippen LogP contribution is -1.99. The van der Waals surface area contributed by atoms with Crippen LogP contribution in [0.1, 0.15) is 16.6 Å². The molecule has 0 amide bonds. The Morgan fingerprint density at radius 2 is 2.21 bits per heavy atom. The lowest BCUT2D eigenvalue weighted by atomic mass is 10.4. The molecule has 0 bridgehead atoms. The molecular formula is C9H12O4S. The zero-order valence-corrected chi connectivity index (χ0v) is 9.14. The molecule has 0 saturated heterocycles. The molecule has 5 heteroatoms. The number of carbonyl (C=O) groups excluding carboxylic acids is 1. The van der Waals surface area contributed by atoms with Crippen LogP contribution in [0.4, 0.5) is 0 Å². The van der Waals surface area contributed by atoms with E-state index in [9.17, 15) is 4.79 Å². The third-order valence-electron chi connectivity index (χ3n) is 1.55. The van der Waals surface area contributed by atoms with Gasteiger partial charge in [-0.25, -0.2) is 4.79 Å². The topological polar surface area (TPSA) is 44.8 Å². The third-order valence-corrected chi connectivity index (χ3v) is 2.56. The second kappa shape index (κ2) is 4.85. The van der Waals surface area contributed by atoms with E-state index in [1.165, 1.54) is 25.6 Å². The summed E-state index contributed by atoms with van der Waals surface area (Å²) in [6, 6.07) is 1.68. The van der Waals surface area contributed by atoms with Gasteiger partial charge >= 0.3 is 5.97 Å². The molecule has 0 atom stereocenters. The van der Waals surface area contributed by atoms with E-state index in [1.807, 2.05) is 6.92 Å². The molecule has 0 aromatic carbocycles. The maximum Gasteiger partial charge on any atom is 0.352 e. The predicted octanol–water partition coefficient (Wildman–Crippen LogP) is 1.94. The molecule has 14 heavy (non-hydrogen) atoms. The molecule has 1 aromatic rings. The monoisotopic (exact) mass is 216 g/mol. The van der Waals surface area contributed by atoms with Crippen molar-refractivity contribution in [3.05, 3.63) is 10.9 Å². The number of carbonyl (C=O) groups is 1. The van der Waals surface area contributed by atoms with Gasteiger partial charge in [0.15, 0.2) is 9.94 Å². The Labute approximate surface area is 86.4 Å². The number of rotatable bonds is 4. The average molecular weight is 216 g/mol. The van der Waals surface area contributed by atoms with Crippen molar-refractivity contribution in [2.75, 3.05) is 20.8 Å². The van der Waals surface area contributed by atoms with Gasteiger partial charge in [0, 0.05) is 6.07 Å². The van der Waals surface area contributed by atoms with Crippen LogP contribution in [0.25, 0.3) is 0 Å². The van der Waals surface area contributed by atoms with Crippen LogP contribution in [0.3, 0.4) is 0 Å². The lowest BCUT2D eigenvalue weighted by Gasteiger charge is -1.98. The van der Waals surface area contributed by atoms with Crippen molar-refractivity contribution in [2.24, 2.45) is 0 Å². The highest BCUT2D eigenvalue weighted by atomic mass is 32.1. The van der Waals surface area contributed by atoms with E-state index in [-0.39, 0.29) is 0 Å². The molecule has 0 spiro atoms. The van der Waals surface area contributed by atoms with E-state index < -0.39 is 5.97 Å². The zero-order chi connectivity index (χ0) is 10.6. The predicted molar refractivity (Wildman–Crippen MR) is 53.4 cm³/mol. The molecule has 78 valence electrons. The molecule has 0 saturated carbocycles. The normalized spacial score (nSPS) is 9.64. The van der Waals surface area contributed by atoms with Crippen LogP contribution in [0, 0.1) is 0 Å². The van der Waals surface area contributed by atoms with Crippen LogP contribution in [-0.2, 0) is 4.74 Å². The molecule has 1 rings (SSSR count). The molecule has 0 aliphatic heterocycles. The lowest BCUT2D eigenvalue weighted by molar-refractivity contribution is 0.0603. The van der Waals surface area contributed by atoms with Gasteiger partial charge in [-0.2, -0.15) is 0 Å². The molecule has 0 unspecified atom stereocenters. The Bertz CT molecular complexity index is 319. The molecule has 0 aliphatic carbocycles. The average Bonchev–Trinajstić information content (AvgIpc) is 2.60. The highest BCUT2D eigenvalue weighted by molar-refractivity contribution is 7.16. The van der Waals surface area contributed by atoms with Crippen LogP contribution >= 0.6 is 11.3 Å². The first kappa shape index (κ1) is 10.8. The largest absolute Gasteiger partial charge is 0.495 e. The van der Waals surface area contributed by atoms with Crippen LogP contribution in [0.2, 0.25) is 0 Å². The summed E-state index contributed by atoms with van der Waals surface area (Å²) < 4.78 is 14.9. The number of methoxy groups -OCH3 is 2. The Hall–Kier alpha value is -1.23. The fraction of sp³-hybridized carbons (Fsp3) is 0.444. The van der Waals surface area contributed by atoms with Gasteiger partial charge in [-0.05, 0) is 6.92 Å². The third kappa shape index (κ3) is 2.17. The summed E-state index contributed by atoms with van der Waals surface area (Å²) in [4.78, 5) is 11.7. The summed E-state index contributed by atoms with van der Waals surface area (Å²) in [5.74, 6) is 0.0862. The molecule has 0 radical (unpaired) electrons. The Morgan fingerprint density at radius 3 is 2.71 bits per heavy atom. The minimum atomic E-state index is -0.405. The fourth-order valence-electron chi connectivity index (χ4n) is 0.953. The van der Waals surface area contributed by atoms with Crippen LogP contribution in [-0.4, -0.2) is 26.8 Å². The van der Waals surface area contributed by atoms with Crippen LogP contribution in [0.5, 0.6) is 10.8 Å². The molecule has 1 aromatic heterocycles. The zero-order valence-electron chi connectivity index (χ0n) is 8.33. The first-order valence-corrected chi connectivity index (χ1v) is 4.93. The summed E-state index contributed by atoms with van der Waals surface area (Å²) in [5.41, 5.74) is 0.